The fourth-order valence-corrected chi connectivity index (χ4v) is 2.40. The van der Waals surface area contributed by atoms with Gasteiger partial charge in [-0.2, -0.15) is 13.2 Å². The number of fused-ring (bicyclic) bond motifs is 1. The highest BCUT2D eigenvalue weighted by Crippen LogP contribution is 2.39. The number of hydrogen-bond donors (Lipinski definition) is 0. The number of rotatable bonds is 2. The maximum atomic E-state index is 12.9. The van der Waals surface area contributed by atoms with Crippen LogP contribution in [0.3, 0.4) is 0 Å². The smallest absolute Gasteiger partial charge is 0.429 e. The number of benzene rings is 1. The Morgan fingerprint density at radius 2 is 1.95 bits per heavy atom. The summed E-state index contributed by atoms with van der Waals surface area (Å²) in [6.45, 7) is 5.67. The molecule has 0 saturated carbocycles. The highest BCUT2D eigenvalue weighted by Gasteiger charge is 2.46. The first-order valence-corrected chi connectivity index (χ1v) is 6.42. The number of carbonyl (C=O) groups excluding carboxylic acids is 1. The summed E-state index contributed by atoms with van der Waals surface area (Å²) in [5.74, 6) is -1.69. The third-order valence-electron chi connectivity index (χ3n) is 3.39. The van der Waals surface area contributed by atoms with Gasteiger partial charge in [0.05, 0.1) is 5.97 Å². The Morgan fingerprint density at radius 1 is 1.33 bits per heavy atom. The van der Waals surface area contributed by atoms with Crippen molar-refractivity contribution in [2.24, 2.45) is 0 Å². The quantitative estimate of drug-likeness (QED) is 0.843. The van der Waals surface area contributed by atoms with Crippen molar-refractivity contribution >= 4 is 12.0 Å². The first-order valence-electron chi connectivity index (χ1n) is 6.42. The molecule has 0 saturated heterocycles. The molecule has 21 heavy (non-hydrogen) atoms. The van der Waals surface area contributed by atoms with Crippen molar-refractivity contribution in [3.05, 3.63) is 34.4 Å². The first kappa shape index (κ1) is 15.4. The van der Waals surface area contributed by atoms with Crippen LogP contribution >= 0.6 is 0 Å². The number of hydrogen-bond acceptors (Lipinski definition) is 3. The summed E-state index contributed by atoms with van der Waals surface area (Å²) in [4.78, 5) is 10.9. The van der Waals surface area contributed by atoms with Crippen LogP contribution in [0, 0.1) is 6.92 Å². The fraction of sp³-hybridized carbons (Fsp3) is 0.400. The molecule has 1 atom stereocenters. The van der Waals surface area contributed by atoms with Gasteiger partial charge in [0.1, 0.15) is 5.75 Å². The van der Waals surface area contributed by atoms with Gasteiger partial charge in [-0.15, -0.1) is 0 Å². The second kappa shape index (κ2) is 5.09. The monoisotopic (exact) mass is 299 g/mol. The highest BCUT2D eigenvalue weighted by atomic mass is 19.4. The van der Waals surface area contributed by atoms with Gasteiger partial charge in [0.2, 0.25) is 6.10 Å². The Balaban J connectivity index is 2.58. The van der Waals surface area contributed by atoms with Gasteiger partial charge >= 0.3 is 6.18 Å². The Hall–Kier alpha value is -1.98. The molecule has 1 unspecified atom stereocenters. The average molecular weight is 299 g/mol. The van der Waals surface area contributed by atoms with Crippen LogP contribution in [0.15, 0.2) is 17.7 Å². The summed E-state index contributed by atoms with van der Waals surface area (Å²) in [5, 5.41) is 10.9. The van der Waals surface area contributed by atoms with E-state index in [1.54, 1.807) is 13.0 Å². The van der Waals surface area contributed by atoms with E-state index in [4.69, 9.17) is 4.74 Å². The Kier molecular flexibility index (Phi) is 3.74. The minimum Gasteiger partial charge on any atom is -0.545 e. The Morgan fingerprint density at radius 3 is 2.43 bits per heavy atom. The predicted octanol–water partition coefficient (Wildman–Crippen LogP) is 2.58. The zero-order valence-corrected chi connectivity index (χ0v) is 11.7. The predicted molar refractivity (Wildman–Crippen MR) is 68.7 cm³/mol. The molecule has 0 bridgehead atoms. The Labute approximate surface area is 120 Å². The molecule has 114 valence electrons. The van der Waals surface area contributed by atoms with E-state index in [2.05, 4.69) is 0 Å². The lowest BCUT2D eigenvalue weighted by Gasteiger charge is -2.30. The van der Waals surface area contributed by atoms with Crippen molar-refractivity contribution < 1.29 is 27.8 Å². The second-order valence-electron chi connectivity index (χ2n) is 5.33. The van der Waals surface area contributed by atoms with Gasteiger partial charge in [-0.1, -0.05) is 13.8 Å². The number of ether oxygens (including phenoxy) is 1. The van der Waals surface area contributed by atoms with Gasteiger partial charge in [-0.05, 0) is 42.2 Å². The van der Waals surface area contributed by atoms with Gasteiger partial charge in [-0.25, -0.2) is 0 Å². The number of aliphatic carboxylic acids is 1. The lowest BCUT2D eigenvalue weighted by Crippen LogP contribution is -2.44. The molecule has 0 radical (unpaired) electrons. The second-order valence-corrected chi connectivity index (χ2v) is 5.33. The molecule has 3 nitrogen and oxygen atoms in total. The van der Waals surface area contributed by atoms with E-state index in [9.17, 15) is 23.1 Å². The molecule has 1 aliphatic rings. The molecule has 0 spiro atoms. The van der Waals surface area contributed by atoms with Crippen molar-refractivity contribution in [1.29, 1.82) is 0 Å². The minimum atomic E-state index is -4.81. The molecule has 2 rings (SSSR count). The van der Waals surface area contributed by atoms with Gasteiger partial charge < -0.3 is 14.6 Å². The number of carboxylic acids is 1. The van der Waals surface area contributed by atoms with E-state index in [0.717, 1.165) is 17.2 Å². The minimum absolute atomic E-state index is 0.0317. The van der Waals surface area contributed by atoms with Crippen LogP contribution in [0.25, 0.3) is 6.08 Å². The molecule has 0 aliphatic carbocycles. The van der Waals surface area contributed by atoms with Crippen molar-refractivity contribution in [2.45, 2.75) is 39.0 Å². The van der Waals surface area contributed by atoms with Crippen LogP contribution in [0.1, 0.15) is 36.5 Å². The lowest BCUT2D eigenvalue weighted by atomic mass is 9.92. The van der Waals surface area contributed by atoms with Crippen LogP contribution in [-0.2, 0) is 4.79 Å². The van der Waals surface area contributed by atoms with E-state index < -0.39 is 23.8 Å². The lowest BCUT2D eigenvalue weighted by molar-refractivity contribution is -0.302. The maximum Gasteiger partial charge on any atom is 0.429 e. The first-order chi connectivity index (χ1) is 9.61. The number of aryl methyl sites for hydroxylation is 1. The molecule has 1 heterocycles. The zero-order valence-electron chi connectivity index (χ0n) is 11.7. The normalized spacial score (nSPS) is 18.0. The van der Waals surface area contributed by atoms with Gasteiger partial charge in [0, 0.05) is 11.1 Å². The summed E-state index contributed by atoms with van der Waals surface area (Å²) in [6, 6.07) is 3.16. The molecule has 1 aromatic rings. The van der Waals surface area contributed by atoms with Crippen LogP contribution in [0.5, 0.6) is 5.75 Å². The van der Waals surface area contributed by atoms with Gasteiger partial charge in [0.15, 0.2) is 0 Å². The van der Waals surface area contributed by atoms with Gasteiger partial charge in [0.25, 0.3) is 0 Å². The fourth-order valence-electron chi connectivity index (χ4n) is 2.40. The highest BCUT2D eigenvalue weighted by molar-refractivity contribution is 5.93. The van der Waals surface area contributed by atoms with Crippen LogP contribution in [0.4, 0.5) is 13.2 Å². The van der Waals surface area contributed by atoms with Crippen molar-refractivity contribution in [3.8, 4) is 5.75 Å². The molecule has 0 fully saturated rings. The van der Waals surface area contributed by atoms with E-state index in [1.807, 2.05) is 13.8 Å². The molecule has 1 aliphatic heterocycles. The number of carboxylic acid groups (broad SMARTS) is 1. The van der Waals surface area contributed by atoms with E-state index >= 15 is 0 Å². The number of halogens is 3. The van der Waals surface area contributed by atoms with Crippen molar-refractivity contribution in [3.63, 3.8) is 0 Å². The number of alkyl halides is 3. The van der Waals surface area contributed by atoms with Crippen molar-refractivity contribution in [1.82, 2.24) is 0 Å². The van der Waals surface area contributed by atoms with E-state index in [1.165, 1.54) is 6.07 Å². The van der Waals surface area contributed by atoms with E-state index in [0.29, 0.717) is 5.56 Å². The average Bonchev–Trinajstić information content (AvgIpc) is 2.34. The maximum absolute atomic E-state index is 12.9. The van der Waals surface area contributed by atoms with Crippen LogP contribution in [0.2, 0.25) is 0 Å². The number of carbonyl (C=O) groups is 1. The summed E-state index contributed by atoms with van der Waals surface area (Å²) in [5.41, 5.74) is 1.14. The third-order valence-corrected chi connectivity index (χ3v) is 3.39. The molecule has 0 amide bonds. The molecular weight excluding hydrogens is 285 g/mol. The van der Waals surface area contributed by atoms with E-state index in [-0.39, 0.29) is 11.7 Å². The zero-order chi connectivity index (χ0) is 15.9. The van der Waals surface area contributed by atoms with Crippen LogP contribution < -0.4 is 9.84 Å². The summed E-state index contributed by atoms with van der Waals surface area (Å²) >= 11 is 0. The standard InChI is InChI=1S/C15H15F3O3/c1-7(2)10-5-9-6-11(14(19)20)13(15(16,17)18)21-12(9)4-8(10)3/h4-7,13H,1-3H3,(H,19,20)/p-1. The summed E-state index contributed by atoms with van der Waals surface area (Å²) in [7, 11) is 0. The summed E-state index contributed by atoms with van der Waals surface area (Å²) < 4.78 is 43.6. The molecule has 6 heteroatoms. The van der Waals surface area contributed by atoms with Gasteiger partial charge in [-0.3, -0.25) is 0 Å². The SMILES string of the molecule is Cc1cc2c(cc1C(C)C)C=C(C(=O)[O-])C(C(F)(F)F)O2. The molecule has 1 aromatic carbocycles. The largest absolute Gasteiger partial charge is 0.545 e. The topological polar surface area (TPSA) is 49.4 Å². The molecule has 0 aromatic heterocycles. The summed E-state index contributed by atoms with van der Waals surface area (Å²) in [6.07, 6.45) is -6.33. The van der Waals surface area contributed by atoms with Crippen LogP contribution in [-0.4, -0.2) is 18.2 Å². The Bertz CT molecular complexity index is 615. The molecule has 0 N–H and O–H groups in total. The van der Waals surface area contributed by atoms with Crippen molar-refractivity contribution in [2.75, 3.05) is 0 Å². The third kappa shape index (κ3) is 2.89. The molecular formula is C15H14F3O3-.